The van der Waals surface area contributed by atoms with Crippen molar-refractivity contribution in [3.63, 3.8) is 0 Å². The fraction of sp³-hybridized carbons (Fsp3) is 0.500. The molecular formula is C8H8F5O4P. The van der Waals surface area contributed by atoms with Crippen molar-refractivity contribution in [2.45, 2.75) is 25.1 Å². The second-order valence-electron chi connectivity index (χ2n) is 3.48. The summed E-state index contributed by atoms with van der Waals surface area (Å²) in [5, 5.41) is 0. The standard InChI is InChI=1S/C8H8F5O4P/c1-2-8(17-18(14,15)16)6(12)4(10)3(9)5(11)7(8)13/h6H,2H2,1H3,(H2,14,15,16). The van der Waals surface area contributed by atoms with Gasteiger partial charge in [0.25, 0.3) is 0 Å². The molecule has 18 heavy (non-hydrogen) atoms. The van der Waals surface area contributed by atoms with Crippen LogP contribution in [0.25, 0.3) is 0 Å². The van der Waals surface area contributed by atoms with E-state index in [1.54, 1.807) is 0 Å². The lowest BCUT2D eigenvalue weighted by Crippen LogP contribution is -2.45. The minimum absolute atomic E-state index is 0.862. The number of allylic oxidation sites excluding steroid dienone is 2. The van der Waals surface area contributed by atoms with Gasteiger partial charge in [0.2, 0.25) is 0 Å². The molecular weight excluding hydrogens is 286 g/mol. The van der Waals surface area contributed by atoms with E-state index in [1.807, 2.05) is 0 Å². The van der Waals surface area contributed by atoms with Crippen molar-refractivity contribution in [2.24, 2.45) is 0 Å². The van der Waals surface area contributed by atoms with Crippen LogP contribution >= 0.6 is 7.82 Å². The third kappa shape index (κ3) is 2.35. The van der Waals surface area contributed by atoms with Crippen molar-refractivity contribution in [1.29, 1.82) is 0 Å². The van der Waals surface area contributed by atoms with E-state index in [1.165, 1.54) is 0 Å². The lowest BCUT2D eigenvalue weighted by molar-refractivity contribution is -0.0236. The van der Waals surface area contributed by atoms with Crippen molar-refractivity contribution in [2.75, 3.05) is 0 Å². The predicted octanol–water partition coefficient (Wildman–Crippen LogP) is 2.90. The Hall–Kier alpha value is -0.760. The molecule has 0 amide bonds. The first-order valence-corrected chi connectivity index (χ1v) is 6.11. The molecule has 10 heteroatoms. The fourth-order valence-corrected chi connectivity index (χ4v) is 2.24. The molecule has 0 spiro atoms. The molecule has 0 aromatic carbocycles. The summed E-state index contributed by atoms with van der Waals surface area (Å²) < 4.78 is 80.1. The summed E-state index contributed by atoms with van der Waals surface area (Å²) in [6.45, 7) is 0.964. The average molecular weight is 294 g/mol. The molecule has 2 unspecified atom stereocenters. The van der Waals surface area contributed by atoms with Crippen LogP contribution in [0.15, 0.2) is 23.3 Å². The highest BCUT2D eigenvalue weighted by Crippen LogP contribution is 2.53. The smallest absolute Gasteiger partial charge is 0.303 e. The van der Waals surface area contributed by atoms with Crippen LogP contribution in [0.4, 0.5) is 22.0 Å². The number of hydrogen-bond donors (Lipinski definition) is 2. The van der Waals surface area contributed by atoms with E-state index in [9.17, 15) is 26.5 Å². The molecule has 2 N–H and O–H groups in total. The molecule has 0 aromatic rings. The number of phosphoric acid groups is 1. The van der Waals surface area contributed by atoms with E-state index in [-0.39, 0.29) is 0 Å². The Morgan fingerprint density at radius 1 is 1.28 bits per heavy atom. The summed E-state index contributed by atoms with van der Waals surface area (Å²) in [6.07, 6.45) is -4.06. The zero-order valence-corrected chi connectivity index (χ0v) is 9.73. The van der Waals surface area contributed by atoms with Gasteiger partial charge >= 0.3 is 7.82 Å². The number of alkyl halides is 1. The Labute approximate surface area is 98.0 Å². The predicted molar refractivity (Wildman–Crippen MR) is 49.5 cm³/mol. The molecule has 0 saturated heterocycles. The summed E-state index contributed by atoms with van der Waals surface area (Å²) >= 11 is 0. The topological polar surface area (TPSA) is 66.8 Å². The summed E-state index contributed by atoms with van der Waals surface area (Å²) in [5.74, 6) is -9.32. The van der Waals surface area contributed by atoms with Crippen LogP contribution in [0.5, 0.6) is 0 Å². The fourth-order valence-electron chi connectivity index (χ4n) is 1.51. The van der Waals surface area contributed by atoms with Crippen LogP contribution < -0.4 is 0 Å². The summed E-state index contributed by atoms with van der Waals surface area (Å²) in [4.78, 5) is 17.0. The van der Waals surface area contributed by atoms with Crippen LogP contribution in [0.3, 0.4) is 0 Å². The second kappa shape index (κ2) is 4.73. The van der Waals surface area contributed by atoms with Gasteiger partial charge in [0.05, 0.1) is 0 Å². The number of phosphoric ester groups is 1. The first-order chi connectivity index (χ1) is 8.07. The lowest BCUT2D eigenvalue weighted by atomic mass is 9.88. The number of hydrogen-bond acceptors (Lipinski definition) is 2. The zero-order valence-electron chi connectivity index (χ0n) is 8.83. The van der Waals surface area contributed by atoms with Gasteiger partial charge in [0.1, 0.15) is 0 Å². The van der Waals surface area contributed by atoms with Crippen molar-refractivity contribution in [3.05, 3.63) is 23.3 Å². The van der Waals surface area contributed by atoms with E-state index < -0.39 is 49.3 Å². The lowest BCUT2D eigenvalue weighted by Gasteiger charge is -2.35. The maximum Gasteiger partial charge on any atom is 0.470 e. The number of halogens is 5. The quantitative estimate of drug-likeness (QED) is 0.620. The molecule has 4 nitrogen and oxygen atoms in total. The molecule has 0 aromatic heterocycles. The van der Waals surface area contributed by atoms with E-state index in [0.717, 1.165) is 6.92 Å². The van der Waals surface area contributed by atoms with Gasteiger partial charge in [-0.25, -0.2) is 26.5 Å². The first-order valence-electron chi connectivity index (χ1n) is 4.58. The normalized spacial score (nSPS) is 30.1. The van der Waals surface area contributed by atoms with Crippen LogP contribution in [0.1, 0.15) is 13.3 Å². The van der Waals surface area contributed by atoms with Crippen molar-refractivity contribution in [1.82, 2.24) is 0 Å². The van der Waals surface area contributed by atoms with Crippen LogP contribution in [-0.4, -0.2) is 21.6 Å². The van der Waals surface area contributed by atoms with E-state index in [0.29, 0.717) is 0 Å². The number of rotatable bonds is 3. The maximum atomic E-state index is 13.5. The highest BCUT2D eigenvalue weighted by Gasteiger charge is 2.56. The van der Waals surface area contributed by atoms with Gasteiger partial charge in [-0.1, -0.05) is 6.92 Å². The molecule has 2 atom stereocenters. The summed E-state index contributed by atoms with van der Waals surface area (Å²) in [5.41, 5.74) is -3.22. The molecule has 0 fully saturated rings. The van der Waals surface area contributed by atoms with Gasteiger partial charge in [-0.15, -0.1) is 0 Å². The Kier molecular flexibility index (Phi) is 4.02. The van der Waals surface area contributed by atoms with Crippen molar-refractivity contribution in [3.8, 4) is 0 Å². The largest absolute Gasteiger partial charge is 0.470 e. The van der Waals surface area contributed by atoms with Gasteiger partial charge in [-0.3, -0.25) is 4.52 Å². The van der Waals surface area contributed by atoms with Crippen LogP contribution in [0.2, 0.25) is 0 Å². The van der Waals surface area contributed by atoms with Crippen molar-refractivity contribution < 1.29 is 40.8 Å². The van der Waals surface area contributed by atoms with Gasteiger partial charge in [-0.05, 0) is 6.42 Å². The first kappa shape index (κ1) is 15.3. The molecule has 0 aliphatic heterocycles. The SMILES string of the molecule is CCC1(OP(=O)(O)O)C(F)=C(F)C(F)=C(F)C1F. The second-order valence-corrected chi connectivity index (χ2v) is 4.64. The van der Waals surface area contributed by atoms with Gasteiger partial charge in [-0.2, -0.15) is 0 Å². The van der Waals surface area contributed by atoms with Gasteiger partial charge < -0.3 is 9.79 Å². The molecule has 0 bridgehead atoms. The Balaban J connectivity index is 3.42. The van der Waals surface area contributed by atoms with E-state index >= 15 is 0 Å². The molecule has 0 heterocycles. The molecule has 0 radical (unpaired) electrons. The Bertz CT molecular complexity index is 470. The average Bonchev–Trinajstić information content (AvgIpc) is 2.28. The van der Waals surface area contributed by atoms with Gasteiger partial charge in [0.15, 0.2) is 35.1 Å². The minimum Gasteiger partial charge on any atom is -0.303 e. The molecule has 1 aliphatic carbocycles. The highest BCUT2D eigenvalue weighted by molar-refractivity contribution is 7.46. The van der Waals surface area contributed by atoms with Crippen LogP contribution in [-0.2, 0) is 9.09 Å². The monoisotopic (exact) mass is 294 g/mol. The van der Waals surface area contributed by atoms with E-state index in [4.69, 9.17) is 9.79 Å². The zero-order chi connectivity index (χ0) is 14.3. The minimum atomic E-state index is -5.46. The Morgan fingerprint density at radius 3 is 2.17 bits per heavy atom. The maximum absolute atomic E-state index is 13.5. The van der Waals surface area contributed by atoms with Crippen molar-refractivity contribution >= 4 is 7.82 Å². The van der Waals surface area contributed by atoms with Crippen LogP contribution in [0, 0.1) is 0 Å². The third-order valence-electron chi connectivity index (χ3n) is 2.41. The molecule has 1 rings (SSSR count). The summed E-state index contributed by atoms with van der Waals surface area (Å²) in [6, 6.07) is 0. The molecule has 0 saturated carbocycles. The molecule has 104 valence electrons. The third-order valence-corrected chi connectivity index (χ3v) is 2.97. The van der Waals surface area contributed by atoms with E-state index in [2.05, 4.69) is 4.52 Å². The Morgan fingerprint density at radius 2 is 1.78 bits per heavy atom. The molecule has 1 aliphatic rings. The highest BCUT2D eigenvalue weighted by atomic mass is 31.2. The summed E-state index contributed by atoms with van der Waals surface area (Å²) in [7, 11) is -5.46. The van der Waals surface area contributed by atoms with Gasteiger partial charge in [0, 0.05) is 0 Å².